The Morgan fingerprint density at radius 1 is 1.03 bits per heavy atom. The maximum absolute atomic E-state index is 13.4. The molecule has 3 aromatic heterocycles. The van der Waals surface area contributed by atoms with E-state index in [1.165, 1.54) is 12.3 Å². The van der Waals surface area contributed by atoms with Gasteiger partial charge in [-0.25, -0.2) is 14.4 Å². The molecule has 0 fully saturated rings. The number of hydrogen-bond donors (Lipinski definition) is 2. The summed E-state index contributed by atoms with van der Waals surface area (Å²) < 4.78 is 51.6. The fourth-order valence-electron chi connectivity index (χ4n) is 3.85. The molecule has 0 saturated carbocycles. The third kappa shape index (κ3) is 6.81. The SMILES string of the molecule is C[C@H](N)CC[C@@H](C(=O)NCc1ccnc(-c2cnc(C(F)(F)F)nc2)c1)C(C)(C)c1ccc(F)cn1. The summed E-state index contributed by atoms with van der Waals surface area (Å²) in [5, 5.41) is 2.93. The second kappa shape index (κ2) is 11.1. The van der Waals surface area contributed by atoms with E-state index < -0.39 is 29.2 Å². The standard InChI is InChI=1S/C25H28F4N6O/c1-15(30)4-6-19(24(2,3)21-7-5-18(26)14-32-21)22(36)33-11-16-8-9-31-20(10-16)17-12-34-23(35-13-17)25(27,28)29/h5,7-10,12-15,19H,4,6,11,30H2,1-3H3,(H,33,36)/t15-,19-/m0/s1. The van der Waals surface area contributed by atoms with Gasteiger partial charge in [0.15, 0.2) is 0 Å². The van der Waals surface area contributed by atoms with Crippen LogP contribution in [0, 0.1) is 11.7 Å². The summed E-state index contributed by atoms with van der Waals surface area (Å²) in [6, 6.07) is 6.12. The summed E-state index contributed by atoms with van der Waals surface area (Å²) in [5.74, 6) is -2.40. The van der Waals surface area contributed by atoms with Gasteiger partial charge in [0.05, 0.1) is 11.9 Å². The third-order valence-electron chi connectivity index (χ3n) is 5.98. The number of rotatable bonds is 9. The van der Waals surface area contributed by atoms with Crippen LogP contribution in [0.5, 0.6) is 0 Å². The maximum Gasteiger partial charge on any atom is 0.451 e. The fraction of sp³-hybridized carbons (Fsp3) is 0.400. The van der Waals surface area contributed by atoms with Gasteiger partial charge in [-0.05, 0) is 49.6 Å². The monoisotopic (exact) mass is 504 g/mol. The van der Waals surface area contributed by atoms with Crippen LogP contribution in [-0.4, -0.2) is 31.9 Å². The number of halogens is 4. The van der Waals surface area contributed by atoms with Gasteiger partial charge < -0.3 is 11.1 Å². The van der Waals surface area contributed by atoms with Gasteiger partial charge in [-0.3, -0.25) is 14.8 Å². The Kier molecular flexibility index (Phi) is 8.34. The summed E-state index contributed by atoms with van der Waals surface area (Å²) in [7, 11) is 0. The lowest BCUT2D eigenvalue weighted by Gasteiger charge is -2.33. The molecule has 0 unspecified atom stereocenters. The molecule has 192 valence electrons. The summed E-state index contributed by atoms with van der Waals surface area (Å²) in [4.78, 5) is 28.4. The first-order chi connectivity index (χ1) is 16.9. The molecule has 3 rings (SSSR count). The highest BCUT2D eigenvalue weighted by Gasteiger charge is 2.37. The quantitative estimate of drug-likeness (QED) is 0.418. The van der Waals surface area contributed by atoms with E-state index in [0.717, 1.165) is 18.6 Å². The van der Waals surface area contributed by atoms with E-state index >= 15 is 0 Å². The lowest BCUT2D eigenvalue weighted by atomic mass is 9.72. The van der Waals surface area contributed by atoms with E-state index in [1.807, 2.05) is 20.8 Å². The molecule has 0 aromatic carbocycles. The largest absolute Gasteiger partial charge is 0.451 e. The van der Waals surface area contributed by atoms with E-state index in [1.54, 1.807) is 18.2 Å². The Bertz CT molecular complexity index is 1160. The number of alkyl halides is 3. The van der Waals surface area contributed by atoms with Crippen molar-refractivity contribution in [2.75, 3.05) is 0 Å². The Morgan fingerprint density at radius 3 is 2.31 bits per heavy atom. The van der Waals surface area contributed by atoms with Crippen molar-refractivity contribution in [1.29, 1.82) is 0 Å². The van der Waals surface area contributed by atoms with Gasteiger partial charge in [-0.15, -0.1) is 0 Å². The van der Waals surface area contributed by atoms with Crippen LogP contribution in [0.3, 0.4) is 0 Å². The zero-order chi connectivity index (χ0) is 26.5. The first-order valence-electron chi connectivity index (χ1n) is 11.4. The molecule has 0 aliphatic rings. The van der Waals surface area contributed by atoms with Gasteiger partial charge >= 0.3 is 6.18 Å². The molecule has 0 spiro atoms. The highest BCUT2D eigenvalue weighted by Crippen LogP contribution is 2.34. The van der Waals surface area contributed by atoms with Crippen LogP contribution in [0.4, 0.5) is 17.6 Å². The molecule has 3 heterocycles. The lowest BCUT2D eigenvalue weighted by molar-refractivity contribution is -0.145. The van der Waals surface area contributed by atoms with Gasteiger partial charge in [0.1, 0.15) is 5.82 Å². The smallest absolute Gasteiger partial charge is 0.352 e. The molecule has 7 nitrogen and oxygen atoms in total. The minimum atomic E-state index is -4.63. The van der Waals surface area contributed by atoms with Crippen molar-refractivity contribution in [1.82, 2.24) is 25.3 Å². The molecule has 0 bridgehead atoms. The van der Waals surface area contributed by atoms with Crippen molar-refractivity contribution in [3.63, 3.8) is 0 Å². The van der Waals surface area contributed by atoms with Crippen LogP contribution in [0.1, 0.15) is 50.7 Å². The number of aromatic nitrogens is 4. The number of nitrogens with two attached hydrogens (primary N) is 1. The van der Waals surface area contributed by atoms with Crippen molar-refractivity contribution >= 4 is 5.91 Å². The van der Waals surface area contributed by atoms with Gasteiger partial charge in [-0.1, -0.05) is 13.8 Å². The summed E-state index contributed by atoms with van der Waals surface area (Å²) in [6.07, 6.45) is 1.21. The van der Waals surface area contributed by atoms with Crippen LogP contribution in [0.15, 0.2) is 49.1 Å². The number of nitrogens with one attached hydrogen (secondary N) is 1. The summed E-state index contributed by atoms with van der Waals surface area (Å²) in [6.45, 7) is 5.79. The Morgan fingerprint density at radius 2 is 1.72 bits per heavy atom. The first-order valence-corrected chi connectivity index (χ1v) is 11.4. The number of carbonyl (C=O) groups excluding carboxylic acids is 1. The highest BCUT2D eigenvalue weighted by atomic mass is 19.4. The predicted octanol–water partition coefficient (Wildman–Crippen LogP) is 4.43. The topological polar surface area (TPSA) is 107 Å². The van der Waals surface area contributed by atoms with Crippen LogP contribution < -0.4 is 11.1 Å². The molecule has 0 aliphatic carbocycles. The fourth-order valence-corrected chi connectivity index (χ4v) is 3.85. The molecule has 11 heteroatoms. The van der Waals surface area contributed by atoms with E-state index in [4.69, 9.17) is 5.73 Å². The van der Waals surface area contributed by atoms with Crippen molar-refractivity contribution in [3.05, 3.63) is 72.0 Å². The molecule has 1 amide bonds. The molecule has 3 aromatic rings. The minimum absolute atomic E-state index is 0.106. The van der Waals surface area contributed by atoms with Gasteiger partial charge in [0, 0.05) is 53.8 Å². The molecule has 36 heavy (non-hydrogen) atoms. The zero-order valence-corrected chi connectivity index (χ0v) is 20.2. The van der Waals surface area contributed by atoms with E-state index in [9.17, 15) is 22.4 Å². The number of carbonyl (C=O) groups is 1. The number of hydrogen-bond acceptors (Lipinski definition) is 6. The van der Waals surface area contributed by atoms with Crippen molar-refractivity contribution < 1.29 is 22.4 Å². The third-order valence-corrected chi connectivity index (χ3v) is 5.98. The minimum Gasteiger partial charge on any atom is -0.352 e. The second-order valence-corrected chi connectivity index (χ2v) is 9.25. The molecule has 2 atom stereocenters. The normalized spacial score (nSPS) is 13.8. The predicted molar refractivity (Wildman–Crippen MR) is 126 cm³/mol. The maximum atomic E-state index is 13.4. The second-order valence-electron chi connectivity index (χ2n) is 9.25. The average molecular weight is 505 g/mol. The van der Waals surface area contributed by atoms with Crippen LogP contribution in [0.2, 0.25) is 0 Å². The van der Waals surface area contributed by atoms with Crippen LogP contribution in [-0.2, 0) is 22.9 Å². The molecular formula is C25H28F4N6O. The molecular weight excluding hydrogens is 476 g/mol. The number of amides is 1. The van der Waals surface area contributed by atoms with Crippen LogP contribution >= 0.6 is 0 Å². The molecule has 0 aliphatic heterocycles. The summed E-state index contributed by atoms with van der Waals surface area (Å²) >= 11 is 0. The lowest BCUT2D eigenvalue weighted by Crippen LogP contribution is -2.42. The van der Waals surface area contributed by atoms with Crippen molar-refractivity contribution in [3.8, 4) is 11.3 Å². The van der Waals surface area contributed by atoms with E-state index in [2.05, 4.69) is 25.3 Å². The van der Waals surface area contributed by atoms with Crippen molar-refractivity contribution in [2.24, 2.45) is 11.7 Å². The molecule has 0 saturated heterocycles. The average Bonchev–Trinajstić information content (AvgIpc) is 2.82. The Hall–Kier alpha value is -3.47. The highest BCUT2D eigenvalue weighted by molar-refractivity contribution is 5.80. The number of nitrogens with zero attached hydrogens (tertiary/aromatic N) is 4. The van der Waals surface area contributed by atoms with Crippen molar-refractivity contribution in [2.45, 2.75) is 57.8 Å². The van der Waals surface area contributed by atoms with Gasteiger partial charge in [-0.2, -0.15) is 13.2 Å². The zero-order valence-electron chi connectivity index (χ0n) is 20.2. The number of pyridine rings is 2. The van der Waals surface area contributed by atoms with E-state index in [-0.39, 0.29) is 18.5 Å². The van der Waals surface area contributed by atoms with E-state index in [0.29, 0.717) is 35.4 Å². The van der Waals surface area contributed by atoms with Gasteiger partial charge in [0.25, 0.3) is 0 Å². The van der Waals surface area contributed by atoms with Crippen LogP contribution in [0.25, 0.3) is 11.3 Å². The van der Waals surface area contributed by atoms with Gasteiger partial charge in [0.2, 0.25) is 11.7 Å². The Balaban J connectivity index is 1.76. The molecule has 0 radical (unpaired) electrons. The Labute approximate surface area is 206 Å². The molecule has 3 N–H and O–H groups in total. The summed E-state index contributed by atoms with van der Waals surface area (Å²) in [5.41, 5.74) is 7.20. The first kappa shape index (κ1) is 27.1.